The van der Waals surface area contributed by atoms with E-state index in [1.807, 2.05) is 31.2 Å². The standard InChI is InChI=1S/C29H36F2O/c1-3-5-6-7-20-8-11-25(19-28(20)30)27-15-13-24(18-29(27)31)21-9-10-23-17-26(32-4-2)14-12-22(23)16-21/h3,5,8,11,13,15,18-19,21-23,26H,4,6-7,9-10,12,14,16-17H2,1-2H3/b5-3+. The molecule has 4 atom stereocenters. The van der Waals surface area contributed by atoms with Crippen molar-refractivity contribution in [2.45, 2.75) is 77.2 Å². The summed E-state index contributed by atoms with van der Waals surface area (Å²) < 4.78 is 35.5. The van der Waals surface area contributed by atoms with Crippen LogP contribution in [0.5, 0.6) is 0 Å². The fourth-order valence-electron chi connectivity index (χ4n) is 5.88. The normalized spacial score (nSPS) is 25.8. The summed E-state index contributed by atoms with van der Waals surface area (Å²) in [6.45, 7) is 4.85. The van der Waals surface area contributed by atoms with Gasteiger partial charge in [-0.3, -0.25) is 0 Å². The van der Waals surface area contributed by atoms with Gasteiger partial charge in [-0.05, 0) is 112 Å². The number of halogens is 2. The highest BCUT2D eigenvalue weighted by Gasteiger charge is 2.36. The lowest BCUT2D eigenvalue weighted by Gasteiger charge is -2.42. The predicted octanol–water partition coefficient (Wildman–Crippen LogP) is 8.23. The van der Waals surface area contributed by atoms with Crippen molar-refractivity contribution in [3.05, 3.63) is 71.3 Å². The van der Waals surface area contributed by atoms with E-state index >= 15 is 4.39 Å². The molecule has 0 bridgehead atoms. The molecule has 4 rings (SSSR count). The zero-order valence-corrected chi connectivity index (χ0v) is 19.5. The Morgan fingerprint density at radius 1 is 0.938 bits per heavy atom. The Morgan fingerprint density at radius 2 is 1.75 bits per heavy atom. The van der Waals surface area contributed by atoms with Crippen LogP contribution in [-0.2, 0) is 11.2 Å². The summed E-state index contributed by atoms with van der Waals surface area (Å²) >= 11 is 0. The van der Waals surface area contributed by atoms with Gasteiger partial charge in [-0.2, -0.15) is 0 Å². The third kappa shape index (κ3) is 5.31. The summed E-state index contributed by atoms with van der Waals surface area (Å²) in [5.41, 5.74) is 2.87. The average Bonchev–Trinajstić information content (AvgIpc) is 2.80. The van der Waals surface area contributed by atoms with Crippen molar-refractivity contribution in [3.63, 3.8) is 0 Å². The smallest absolute Gasteiger partial charge is 0.131 e. The lowest BCUT2D eigenvalue weighted by molar-refractivity contribution is -0.00956. The van der Waals surface area contributed by atoms with Crippen LogP contribution in [0.4, 0.5) is 8.78 Å². The van der Waals surface area contributed by atoms with Gasteiger partial charge in [-0.15, -0.1) is 0 Å². The Morgan fingerprint density at radius 3 is 2.50 bits per heavy atom. The maximum atomic E-state index is 15.1. The molecule has 0 aliphatic heterocycles. The molecule has 3 heteroatoms. The van der Waals surface area contributed by atoms with Gasteiger partial charge in [-0.25, -0.2) is 8.78 Å². The molecule has 0 amide bonds. The first kappa shape index (κ1) is 23.2. The van der Waals surface area contributed by atoms with Crippen LogP contribution in [0.1, 0.15) is 75.8 Å². The first-order valence-corrected chi connectivity index (χ1v) is 12.4. The van der Waals surface area contributed by atoms with Gasteiger partial charge in [0.15, 0.2) is 0 Å². The van der Waals surface area contributed by atoms with Crippen LogP contribution >= 0.6 is 0 Å². The Bertz CT molecular complexity index is 935. The molecule has 0 spiro atoms. The van der Waals surface area contributed by atoms with E-state index in [4.69, 9.17) is 4.74 Å². The molecule has 4 unspecified atom stereocenters. The summed E-state index contributed by atoms with van der Waals surface area (Å²) in [5, 5.41) is 0. The zero-order chi connectivity index (χ0) is 22.5. The minimum absolute atomic E-state index is 0.245. The molecule has 2 aliphatic rings. The van der Waals surface area contributed by atoms with Gasteiger partial charge in [0.1, 0.15) is 11.6 Å². The van der Waals surface area contributed by atoms with Crippen LogP contribution in [0.25, 0.3) is 11.1 Å². The molecule has 1 nitrogen and oxygen atoms in total. The van der Waals surface area contributed by atoms with Crippen molar-refractivity contribution in [1.29, 1.82) is 0 Å². The van der Waals surface area contributed by atoms with Gasteiger partial charge in [0.25, 0.3) is 0 Å². The van der Waals surface area contributed by atoms with Crippen LogP contribution in [0, 0.1) is 23.5 Å². The van der Waals surface area contributed by atoms with E-state index in [-0.39, 0.29) is 11.6 Å². The monoisotopic (exact) mass is 438 g/mol. The predicted molar refractivity (Wildman–Crippen MR) is 128 cm³/mol. The Hall–Kier alpha value is -2.00. The molecule has 2 saturated carbocycles. The van der Waals surface area contributed by atoms with Gasteiger partial charge in [0.2, 0.25) is 0 Å². The van der Waals surface area contributed by atoms with E-state index in [2.05, 4.69) is 13.0 Å². The minimum Gasteiger partial charge on any atom is -0.378 e. The van der Waals surface area contributed by atoms with Crippen LogP contribution in [0.2, 0.25) is 0 Å². The van der Waals surface area contributed by atoms with Gasteiger partial charge in [0, 0.05) is 12.2 Å². The summed E-state index contributed by atoms with van der Waals surface area (Å²) in [4.78, 5) is 0. The molecule has 0 N–H and O–H groups in total. The summed E-state index contributed by atoms with van der Waals surface area (Å²) in [5.74, 6) is 1.42. The quantitative estimate of drug-likeness (QED) is 0.396. The number of rotatable bonds is 7. The van der Waals surface area contributed by atoms with E-state index < -0.39 is 0 Å². The van der Waals surface area contributed by atoms with E-state index in [0.29, 0.717) is 35.1 Å². The second-order valence-corrected chi connectivity index (χ2v) is 9.57. The first-order valence-electron chi connectivity index (χ1n) is 12.4. The lowest BCUT2D eigenvalue weighted by Crippen LogP contribution is -2.33. The number of ether oxygens (including phenoxy) is 1. The van der Waals surface area contributed by atoms with Gasteiger partial charge >= 0.3 is 0 Å². The van der Waals surface area contributed by atoms with Crippen molar-refractivity contribution in [2.24, 2.45) is 11.8 Å². The number of hydrogen-bond donors (Lipinski definition) is 0. The van der Waals surface area contributed by atoms with Crippen LogP contribution in [0.3, 0.4) is 0 Å². The number of allylic oxidation sites excluding steroid dienone is 2. The summed E-state index contributed by atoms with van der Waals surface area (Å²) in [6, 6.07) is 10.7. The molecule has 2 fully saturated rings. The molecule has 0 aromatic heterocycles. The maximum absolute atomic E-state index is 15.1. The van der Waals surface area contributed by atoms with Gasteiger partial charge in [0.05, 0.1) is 6.10 Å². The van der Waals surface area contributed by atoms with Crippen molar-refractivity contribution in [3.8, 4) is 11.1 Å². The highest BCUT2D eigenvalue weighted by atomic mass is 19.1. The Balaban J connectivity index is 1.43. The number of fused-ring (bicyclic) bond motifs is 1. The van der Waals surface area contributed by atoms with Crippen molar-refractivity contribution >= 4 is 0 Å². The van der Waals surface area contributed by atoms with E-state index in [1.54, 1.807) is 12.1 Å². The molecule has 0 saturated heterocycles. The molecule has 0 heterocycles. The Kier molecular flexibility index (Phi) is 7.78. The maximum Gasteiger partial charge on any atom is 0.131 e. The largest absolute Gasteiger partial charge is 0.378 e. The lowest BCUT2D eigenvalue weighted by atomic mass is 9.65. The molecule has 0 radical (unpaired) electrons. The molecule has 2 aromatic rings. The minimum atomic E-state index is -0.253. The fraction of sp³-hybridized carbons (Fsp3) is 0.517. The molecular formula is C29H36F2O. The Labute approximate surface area is 191 Å². The number of benzene rings is 2. The number of aryl methyl sites for hydroxylation is 1. The summed E-state index contributed by atoms with van der Waals surface area (Å²) in [6.07, 6.45) is 13.0. The van der Waals surface area contributed by atoms with E-state index in [0.717, 1.165) is 49.7 Å². The van der Waals surface area contributed by atoms with Crippen LogP contribution < -0.4 is 0 Å². The third-order valence-corrected chi connectivity index (χ3v) is 7.61. The molecule has 32 heavy (non-hydrogen) atoms. The highest BCUT2D eigenvalue weighted by Crippen LogP contribution is 2.47. The van der Waals surface area contributed by atoms with Crippen LogP contribution in [0.15, 0.2) is 48.6 Å². The average molecular weight is 439 g/mol. The second-order valence-electron chi connectivity index (χ2n) is 9.57. The fourth-order valence-corrected chi connectivity index (χ4v) is 5.88. The van der Waals surface area contributed by atoms with Gasteiger partial charge < -0.3 is 4.74 Å². The second kappa shape index (κ2) is 10.7. The number of hydrogen-bond acceptors (Lipinski definition) is 1. The molecule has 172 valence electrons. The molecule has 2 aromatic carbocycles. The topological polar surface area (TPSA) is 9.23 Å². The van der Waals surface area contributed by atoms with Crippen molar-refractivity contribution in [2.75, 3.05) is 6.61 Å². The first-order chi connectivity index (χ1) is 15.6. The SMILES string of the molecule is C/C=C/CCc1ccc(-c2ccc(C3CCC4CC(OCC)CCC4C3)cc2F)cc1F. The van der Waals surface area contributed by atoms with E-state index in [9.17, 15) is 4.39 Å². The van der Waals surface area contributed by atoms with Gasteiger partial charge in [-0.1, -0.05) is 36.4 Å². The highest BCUT2D eigenvalue weighted by molar-refractivity contribution is 5.65. The summed E-state index contributed by atoms with van der Waals surface area (Å²) in [7, 11) is 0. The van der Waals surface area contributed by atoms with Crippen molar-refractivity contribution in [1.82, 2.24) is 0 Å². The molecular weight excluding hydrogens is 402 g/mol. The van der Waals surface area contributed by atoms with Crippen LogP contribution in [-0.4, -0.2) is 12.7 Å². The zero-order valence-electron chi connectivity index (χ0n) is 19.5. The molecule has 2 aliphatic carbocycles. The van der Waals surface area contributed by atoms with E-state index in [1.165, 1.54) is 25.3 Å². The van der Waals surface area contributed by atoms with Crippen molar-refractivity contribution < 1.29 is 13.5 Å². The third-order valence-electron chi connectivity index (χ3n) is 7.61.